The lowest BCUT2D eigenvalue weighted by molar-refractivity contribution is -0.117. The van der Waals surface area contributed by atoms with E-state index in [0.29, 0.717) is 23.4 Å². The lowest BCUT2D eigenvalue weighted by Crippen LogP contribution is -2.33. The molecule has 0 spiro atoms. The number of carbonyl (C=O) groups excluding carboxylic acids is 1. The van der Waals surface area contributed by atoms with Crippen molar-refractivity contribution in [3.63, 3.8) is 0 Å². The standard InChI is InChI=1S/C23H22N4O2S/c1-14-11-18-20(19(28)12-14)21(27-22(24-18)25-23(26-27)30-2)15-7-6-10-17(13-15)29-16-8-4-3-5-9-16/h3-10,13-14,21H,11-12H2,1-2H3,(H,24,25,26)/t14-,21-/m1/s1. The number of fused-ring (bicyclic) bond motifs is 1. The topological polar surface area (TPSA) is 69.0 Å². The van der Waals surface area contributed by atoms with Crippen LogP contribution in [0.5, 0.6) is 11.5 Å². The number of nitrogens with zero attached hydrogens (tertiary/aromatic N) is 3. The first-order valence-electron chi connectivity index (χ1n) is 9.99. The van der Waals surface area contributed by atoms with Crippen molar-refractivity contribution in [1.82, 2.24) is 14.8 Å². The summed E-state index contributed by atoms with van der Waals surface area (Å²) in [6, 6.07) is 17.3. The highest BCUT2D eigenvalue weighted by Crippen LogP contribution is 2.42. The van der Waals surface area contributed by atoms with Crippen LogP contribution in [0.3, 0.4) is 0 Å². The van der Waals surface area contributed by atoms with Gasteiger partial charge in [-0.2, -0.15) is 4.98 Å². The van der Waals surface area contributed by atoms with Gasteiger partial charge >= 0.3 is 0 Å². The number of benzene rings is 2. The number of ether oxygens (including phenoxy) is 1. The molecular formula is C23H22N4O2S. The third kappa shape index (κ3) is 3.39. The lowest BCUT2D eigenvalue weighted by atomic mass is 9.81. The predicted octanol–water partition coefficient (Wildman–Crippen LogP) is 5.06. The highest BCUT2D eigenvalue weighted by molar-refractivity contribution is 7.98. The molecule has 2 aromatic carbocycles. The molecule has 7 heteroatoms. The van der Waals surface area contributed by atoms with Gasteiger partial charge in [-0.1, -0.05) is 49.0 Å². The van der Waals surface area contributed by atoms with Crippen LogP contribution in [0, 0.1) is 5.92 Å². The van der Waals surface area contributed by atoms with Gasteiger partial charge in [0, 0.05) is 17.7 Å². The normalized spacial score (nSPS) is 20.4. The monoisotopic (exact) mass is 418 g/mol. The fourth-order valence-electron chi connectivity index (χ4n) is 4.15. The second-order valence-electron chi connectivity index (χ2n) is 7.71. The summed E-state index contributed by atoms with van der Waals surface area (Å²) >= 11 is 1.49. The second kappa shape index (κ2) is 7.65. The van der Waals surface area contributed by atoms with E-state index in [2.05, 4.69) is 22.3 Å². The van der Waals surface area contributed by atoms with Gasteiger partial charge in [-0.05, 0) is 48.4 Å². The molecule has 0 unspecified atom stereocenters. The molecule has 2 atom stereocenters. The lowest BCUT2D eigenvalue weighted by Gasteiger charge is -2.34. The third-order valence-electron chi connectivity index (χ3n) is 5.44. The molecule has 0 fully saturated rings. The van der Waals surface area contributed by atoms with E-state index in [4.69, 9.17) is 4.74 Å². The van der Waals surface area contributed by atoms with Gasteiger partial charge in [0.15, 0.2) is 5.78 Å². The Morgan fingerprint density at radius 2 is 1.90 bits per heavy atom. The highest BCUT2D eigenvalue weighted by atomic mass is 32.2. The van der Waals surface area contributed by atoms with Gasteiger partial charge in [0.1, 0.15) is 17.5 Å². The minimum atomic E-state index is -0.316. The second-order valence-corrected chi connectivity index (χ2v) is 8.48. The predicted molar refractivity (Wildman–Crippen MR) is 117 cm³/mol. The molecule has 0 saturated carbocycles. The van der Waals surface area contributed by atoms with E-state index in [1.165, 1.54) is 11.8 Å². The van der Waals surface area contributed by atoms with Gasteiger partial charge in [-0.3, -0.25) is 4.79 Å². The summed E-state index contributed by atoms with van der Waals surface area (Å²) in [5.41, 5.74) is 2.71. The van der Waals surface area contributed by atoms with Crippen LogP contribution >= 0.6 is 11.8 Å². The maximum Gasteiger partial charge on any atom is 0.227 e. The fourth-order valence-corrected chi connectivity index (χ4v) is 4.50. The Kier molecular flexibility index (Phi) is 4.83. The minimum absolute atomic E-state index is 0.169. The molecule has 30 heavy (non-hydrogen) atoms. The van der Waals surface area contributed by atoms with Crippen LogP contribution in [0.4, 0.5) is 5.95 Å². The summed E-state index contributed by atoms with van der Waals surface area (Å²) in [7, 11) is 0. The zero-order valence-electron chi connectivity index (χ0n) is 16.8. The molecule has 1 aliphatic carbocycles. The van der Waals surface area contributed by atoms with Crippen molar-refractivity contribution in [2.75, 3.05) is 11.6 Å². The molecule has 1 N–H and O–H groups in total. The Morgan fingerprint density at radius 3 is 2.70 bits per heavy atom. The molecule has 0 radical (unpaired) electrons. The maximum atomic E-state index is 13.1. The summed E-state index contributed by atoms with van der Waals surface area (Å²) < 4.78 is 7.87. The van der Waals surface area contributed by atoms with Crippen molar-refractivity contribution in [3.8, 4) is 11.5 Å². The Balaban J connectivity index is 1.60. The van der Waals surface area contributed by atoms with E-state index in [0.717, 1.165) is 34.8 Å². The van der Waals surface area contributed by atoms with Crippen molar-refractivity contribution in [1.29, 1.82) is 0 Å². The Morgan fingerprint density at radius 1 is 1.10 bits per heavy atom. The maximum absolute atomic E-state index is 13.1. The fraction of sp³-hybridized carbons (Fsp3) is 0.261. The number of carbonyl (C=O) groups is 1. The van der Waals surface area contributed by atoms with E-state index in [1.54, 1.807) is 0 Å². The average Bonchev–Trinajstić information content (AvgIpc) is 3.16. The van der Waals surface area contributed by atoms with E-state index in [1.807, 2.05) is 65.5 Å². The molecule has 0 amide bonds. The number of aromatic nitrogens is 3. The number of Topliss-reactive ketones (excluding diaryl/α,β-unsaturated/α-hetero) is 1. The van der Waals surface area contributed by atoms with Crippen molar-refractivity contribution in [3.05, 3.63) is 71.4 Å². The van der Waals surface area contributed by atoms with Crippen molar-refractivity contribution >= 4 is 23.5 Å². The molecule has 6 nitrogen and oxygen atoms in total. The van der Waals surface area contributed by atoms with Crippen LogP contribution < -0.4 is 10.1 Å². The number of nitrogens with one attached hydrogen (secondary N) is 1. The SMILES string of the molecule is CSc1nc2n(n1)[C@H](c1cccc(Oc3ccccc3)c1)C1=C(C[C@@H](C)CC1=O)N2. The number of anilines is 1. The van der Waals surface area contributed by atoms with Crippen LogP contribution in [-0.2, 0) is 4.79 Å². The molecule has 2 heterocycles. The van der Waals surface area contributed by atoms with Gasteiger partial charge < -0.3 is 10.1 Å². The zero-order valence-corrected chi connectivity index (χ0v) is 17.6. The first kappa shape index (κ1) is 18.9. The largest absolute Gasteiger partial charge is 0.457 e. The smallest absolute Gasteiger partial charge is 0.227 e. The van der Waals surface area contributed by atoms with E-state index in [-0.39, 0.29) is 11.8 Å². The van der Waals surface area contributed by atoms with Gasteiger partial charge in [0.2, 0.25) is 11.1 Å². The number of allylic oxidation sites excluding steroid dienone is 2. The van der Waals surface area contributed by atoms with Crippen LogP contribution in [0.2, 0.25) is 0 Å². The van der Waals surface area contributed by atoms with Crippen molar-refractivity contribution in [2.24, 2.45) is 5.92 Å². The Bertz CT molecular complexity index is 1140. The first-order valence-corrected chi connectivity index (χ1v) is 11.2. The number of rotatable bonds is 4. The van der Waals surface area contributed by atoms with Crippen LogP contribution in [0.15, 0.2) is 71.0 Å². The molecule has 1 aliphatic heterocycles. The molecule has 152 valence electrons. The highest BCUT2D eigenvalue weighted by Gasteiger charge is 2.38. The average molecular weight is 419 g/mol. The van der Waals surface area contributed by atoms with E-state index < -0.39 is 0 Å². The van der Waals surface area contributed by atoms with E-state index in [9.17, 15) is 4.79 Å². The van der Waals surface area contributed by atoms with Gasteiger partial charge in [-0.25, -0.2) is 4.68 Å². The Hall–Kier alpha value is -3.06. The first-order chi connectivity index (χ1) is 14.6. The number of hydrogen-bond acceptors (Lipinski definition) is 6. The molecule has 0 bridgehead atoms. The van der Waals surface area contributed by atoms with Crippen LogP contribution in [0.1, 0.15) is 31.4 Å². The van der Waals surface area contributed by atoms with Gasteiger partial charge in [0.25, 0.3) is 0 Å². The Labute approximate surface area is 179 Å². The van der Waals surface area contributed by atoms with Crippen molar-refractivity contribution < 1.29 is 9.53 Å². The summed E-state index contributed by atoms with van der Waals surface area (Å²) in [4.78, 5) is 17.7. The zero-order chi connectivity index (χ0) is 20.7. The molecule has 3 aromatic rings. The molecule has 0 saturated heterocycles. The number of para-hydroxylation sites is 1. The molecule has 2 aliphatic rings. The summed E-state index contributed by atoms with van der Waals surface area (Å²) in [5.74, 6) is 2.66. The van der Waals surface area contributed by atoms with Gasteiger partial charge in [0.05, 0.1) is 0 Å². The van der Waals surface area contributed by atoms with Crippen LogP contribution in [-0.4, -0.2) is 26.8 Å². The molecule has 1 aromatic heterocycles. The minimum Gasteiger partial charge on any atom is -0.457 e. The molecule has 5 rings (SSSR count). The number of ketones is 1. The third-order valence-corrected chi connectivity index (χ3v) is 5.98. The van der Waals surface area contributed by atoms with E-state index >= 15 is 0 Å². The van der Waals surface area contributed by atoms with Crippen LogP contribution in [0.25, 0.3) is 0 Å². The summed E-state index contributed by atoms with van der Waals surface area (Å²) in [5, 5.41) is 8.72. The molecular weight excluding hydrogens is 396 g/mol. The number of thioether (sulfide) groups is 1. The van der Waals surface area contributed by atoms with Gasteiger partial charge in [-0.15, -0.1) is 5.10 Å². The quantitative estimate of drug-likeness (QED) is 0.597. The van der Waals surface area contributed by atoms with Crippen molar-refractivity contribution in [2.45, 2.75) is 31.0 Å². The number of hydrogen-bond donors (Lipinski definition) is 1. The summed E-state index contributed by atoms with van der Waals surface area (Å²) in [6.07, 6.45) is 3.33. The summed E-state index contributed by atoms with van der Waals surface area (Å²) in [6.45, 7) is 2.11.